The first-order chi connectivity index (χ1) is 16.0. The van der Waals surface area contributed by atoms with E-state index in [0.717, 1.165) is 35.4 Å². The zero-order chi connectivity index (χ0) is 24.3. The number of nitrogens with zero attached hydrogens (tertiary/aromatic N) is 3. The summed E-state index contributed by atoms with van der Waals surface area (Å²) in [6.45, 7) is 2.90. The van der Waals surface area contributed by atoms with E-state index >= 15 is 0 Å². The third-order valence-corrected chi connectivity index (χ3v) is 7.54. The maximum atomic E-state index is 13.3. The van der Waals surface area contributed by atoms with Crippen molar-refractivity contribution < 1.29 is 22.8 Å². The fourth-order valence-corrected chi connectivity index (χ4v) is 5.03. The predicted octanol–water partition coefficient (Wildman–Crippen LogP) is 4.64. The minimum Gasteiger partial charge on any atom is -0.371 e. The van der Waals surface area contributed by atoms with E-state index in [1.807, 2.05) is 13.0 Å². The normalized spacial score (nSPS) is 20.8. The van der Waals surface area contributed by atoms with Crippen LogP contribution in [0, 0.1) is 0 Å². The van der Waals surface area contributed by atoms with Crippen LogP contribution in [0.25, 0.3) is 0 Å². The van der Waals surface area contributed by atoms with Crippen LogP contribution in [0.5, 0.6) is 0 Å². The van der Waals surface area contributed by atoms with Crippen molar-refractivity contribution in [2.45, 2.75) is 49.7 Å². The van der Waals surface area contributed by atoms with Crippen LogP contribution in [0.15, 0.2) is 39.8 Å². The number of halogens is 4. The second-order valence-electron chi connectivity index (χ2n) is 9.41. The van der Waals surface area contributed by atoms with E-state index in [9.17, 15) is 22.8 Å². The second-order valence-corrected chi connectivity index (χ2v) is 10.3. The number of hydrogen-bond donors (Lipinski definition) is 1. The van der Waals surface area contributed by atoms with Crippen molar-refractivity contribution in [1.29, 1.82) is 0 Å². The fourth-order valence-electron chi connectivity index (χ4n) is 4.68. The third-order valence-electron chi connectivity index (χ3n) is 7.04. The van der Waals surface area contributed by atoms with E-state index in [0.29, 0.717) is 48.6 Å². The standard InChI is InChI=1S/C24H22BrF3N4O2/c1-22(6-7-22)19-16(4-5-18(29-19)24(26,27)28)20-30-21(34)23(31-20)8-10-32(11-9-23)17-12-15(25)3-2-14(17)13-33/h2-5,12-13H,6-11H2,1H3,(H,30,31,34). The molecule has 10 heteroatoms. The lowest BCUT2D eigenvalue weighted by Crippen LogP contribution is -2.49. The number of anilines is 1. The molecule has 5 rings (SSSR count). The molecule has 1 amide bonds. The Morgan fingerprint density at radius 1 is 1.12 bits per heavy atom. The number of hydrogen-bond acceptors (Lipinski definition) is 5. The van der Waals surface area contributed by atoms with Crippen molar-refractivity contribution >= 4 is 39.6 Å². The van der Waals surface area contributed by atoms with Crippen LogP contribution in [0.1, 0.15) is 59.9 Å². The number of aromatic nitrogens is 1. The predicted molar refractivity (Wildman–Crippen MR) is 124 cm³/mol. The molecular weight excluding hydrogens is 513 g/mol. The maximum absolute atomic E-state index is 13.3. The molecule has 3 heterocycles. The van der Waals surface area contributed by atoms with E-state index in [1.165, 1.54) is 6.07 Å². The smallest absolute Gasteiger partial charge is 0.371 e. The fraction of sp³-hybridized carbons (Fsp3) is 0.417. The van der Waals surface area contributed by atoms with E-state index in [1.54, 1.807) is 12.1 Å². The first-order valence-electron chi connectivity index (χ1n) is 11.0. The molecule has 1 aliphatic carbocycles. The summed E-state index contributed by atoms with van der Waals surface area (Å²) in [6.07, 6.45) is -1.41. The molecule has 1 N–H and O–H groups in total. The summed E-state index contributed by atoms with van der Waals surface area (Å²) < 4.78 is 40.7. The number of amidine groups is 1. The van der Waals surface area contributed by atoms with Crippen LogP contribution < -0.4 is 10.2 Å². The molecule has 1 saturated carbocycles. The Kier molecular flexibility index (Phi) is 5.34. The van der Waals surface area contributed by atoms with Gasteiger partial charge in [-0.3, -0.25) is 14.6 Å². The van der Waals surface area contributed by atoms with Crippen LogP contribution in [-0.2, 0) is 16.4 Å². The average Bonchev–Trinajstić information content (AvgIpc) is 3.48. The van der Waals surface area contributed by atoms with Crippen molar-refractivity contribution in [2.75, 3.05) is 18.0 Å². The van der Waals surface area contributed by atoms with Crippen LogP contribution >= 0.6 is 15.9 Å². The number of carbonyl (C=O) groups is 2. The first kappa shape index (κ1) is 23.0. The van der Waals surface area contributed by atoms with Crippen molar-refractivity contribution in [3.05, 3.63) is 57.3 Å². The Bertz CT molecular complexity index is 1220. The van der Waals surface area contributed by atoms with E-state index < -0.39 is 22.8 Å². The van der Waals surface area contributed by atoms with Gasteiger partial charge in [0, 0.05) is 39.8 Å². The Morgan fingerprint density at radius 2 is 1.82 bits per heavy atom. The molecule has 0 bridgehead atoms. The molecule has 0 radical (unpaired) electrons. The lowest BCUT2D eigenvalue weighted by Gasteiger charge is -2.37. The first-order valence-corrected chi connectivity index (χ1v) is 11.8. The van der Waals surface area contributed by atoms with Gasteiger partial charge in [-0.15, -0.1) is 0 Å². The average molecular weight is 535 g/mol. The van der Waals surface area contributed by atoms with Gasteiger partial charge in [0.25, 0.3) is 5.91 Å². The maximum Gasteiger partial charge on any atom is 0.433 e. The zero-order valence-electron chi connectivity index (χ0n) is 18.4. The number of pyridine rings is 1. The van der Waals surface area contributed by atoms with Crippen LogP contribution in [0.2, 0.25) is 0 Å². The number of aldehydes is 1. The molecule has 2 fully saturated rings. The number of carbonyl (C=O) groups excluding carboxylic acids is 2. The molecular formula is C24H22BrF3N4O2. The molecule has 3 aliphatic rings. The van der Waals surface area contributed by atoms with Crippen LogP contribution in [0.4, 0.5) is 18.9 Å². The molecule has 0 atom stereocenters. The summed E-state index contributed by atoms with van der Waals surface area (Å²) in [6, 6.07) is 7.74. The lowest BCUT2D eigenvalue weighted by atomic mass is 9.87. The van der Waals surface area contributed by atoms with E-state index in [4.69, 9.17) is 4.99 Å². The Hall–Kier alpha value is -2.75. The number of piperidine rings is 1. The molecule has 1 aromatic carbocycles. The Labute approximate surface area is 202 Å². The lowest BCUT2D eigenvalue weighted by molar-refractivity contribution is -0.141. The molecule has 2 aliphatic heterocycles. The van der Waals surface area contributed by atoms with Crippen molar-refractivity contribution in [3.8, 4) is 0 Å². The molecule has 1 spiro atoms. The van der Waals surface area contributed by atoms with Crippen molar-refractivity contribution in [3.63, 3.8) is 0 Å². The van der Waals surface area contributed by atoms with Gasteiger partial charge in [-0.05, 0) is 56.0 Å². The summed E-state index contributed by atoms with van der Waals surface area (Å²) in [4.78, 5) is 35.3. The molecule has 0 unspecified atom stereocenters. The molecule has 1 aromatic heterocycles. The Balaban J connectivity index is 1.44. The highest BCUT2D eigenvalue weighted by Gasteiger charge is 2.49. The van der Waals surface area contributed by atoms with Crippen LogP contribution in [-0.4, -0.2) is 41.6 Å². The van der Waals surface area contributed by atoms with Gasteiger partial charge in [-0.25, -0.2) is 4.98 Å². The number of aliphatic imine (C=N–C) groups is 1. The van der Waals surface area contributed by atoms with E-state index in [-0.39, 0.29) is 5.91 Å². The quantitative estimate of drug-likeness (QED) is 0.579. The summed E-state index contributed by atoms with van der Waals surface area (Å²) in [7, 11) is 0. The molecule has 178 valence electrons. The number of benzene rings is 1. The van der Waals surface area contributed by atoms with Crippen molar-refractivity contribution in [1.82, 2.24) is 10.3 Å². The Morgan fingerprint density at radius 3 is 2.44 bits per heavy atom. The van der Waals surface area contributed by atoms with Crippen LogP contribution in [0.3, 0.4) is 0 Å². The van der Waals surface area contributed by atoms with Gasteiger partial charge in [0.15, 0.2) is 6.29 Å². The van der Waals surface area contributed by atoms with Gasteiger partial charge in [-0.2, -0.15) is 13.2 Å². The minimum atomic E-state index is -4.54. The summed E-state index contributed by atoms with van der Waals surface area (Å²) in [5.74, 6) is 0.0395. The highest BCUT2D eigenvalue weighted by Crippen LogP contribution is 2.49. The zero-order valence-corrected chi connectivity index (χ0v) is 20.0. The monoisotopic (exact) mass is 534 g/mol. The number of alkyl halides is 3. The van der Waals surface area contributed by atoms with Gasteiger partial charge in [-0.1, -0.05) is 22.9 Å². The van der Waals surface area contributed by atoms with Gasteiger partial charge in [0.2, 0.25) is 0 Å². The molecule has 2 aromatic rings. The molecule has 34 heavy (non-hydrogen) atoms. The number of amides is 1. The molecule has 6 nitrogen and oxygen atoms in total. The third kappa shape index (κ3) is 3.91. The van der Waals surface area contributed by atoms with Gasteiger partial charge in [0.1, 0.15) is 17.1 Å². The summed E-state index contributed by atoms with van der Waals surface area (Å²) in [5, 5.41) is 2.82. The summed E-state index contributed by atoms with van der Waals surface area (Å²) in [5.41, 5.74) is -0.225. The SMILES string of the molecule is CC1(c2nc(C(F)(F)F)ccc2C2=NC3(CCN(c4cc(Br)ccc4C=O)CC3)C(=O)N2)CC1. The largest absolute Gasteiger partial charge is 0.433 e. The van der Waals surface area contributed by atoms with E-state index in [2.05, 4.69) is 31.1 Å². The number of nitrogens with one attached hydrogen (secondary N) is 1. The highest BCUT2D eigenvalue weighted by atomic mass is 79.9. The minimum absolute atomic E-state index is 0.251. The summed E-state index contributed by atoms with van der Waals surface area (Å²) >= 11 is 3.44. The number of rotatable bonds is 4. The second kappa shape index (κ2) is 7.90. The topological polar surface area (TPSA) is 74.7 Å². The van der Waals surface area contributed by atoms with Gasteiger partial charge >= 0.3 is 6.18 Å². The van der Waals surface area contributed by atoms with Gasteiger partial charge in [0.05, 0.1) is 5.69 Å². The molecule has 1 saturated heterocycles. The van der Waals surface area contributed by atoms with Gasteiger partial charge < -0.3 is 10.2 Å². The highest BCUT2D eigenvalue weighted by molar-refractivity contribution is 9.10. The van der Waals surface area contributed by atoms with Crippen molar-refractivity contribution in [2.24, 2.45) is 4.99 Å².